The minimum atomic E-state index is -4.38. The number of guanidine groups is 1. The zero-order valence-corrected chi connectivity index (χ0v) is 19.2. The molecule has 0 fully saturated rings. The summed E-state index contributed by atoms with van der Waals surface area (Å²) in [6, 6.07) is 15.0. The Bertz CT molecular complexity index is 1270. The average Bonchev–Trinajstić information content (AvgIpc) is 3.30. The second-order valence-corrected chi connectivity index (χ2v) is 9.50. The standard InChI is InChI=1S/C26H25F3N4O/c1-25(2)16-33-21-15-32(14-18-9-11-19(12-10-18)26(27,28)29)20(13-17-7-5-4-6-8-17)22(21)23(34)31(3)24(33)30-25/h4-12,15H,13-14,16H2,1-3H3. The summed E-state index contributed by atoms with van der Waals surface area (Å²) in [5.74, 6) is 0.500. The third kappa shape index (κ3) is 3.87. The number of amides is 1. The molecule has 5 nitrogen and oxygen atoms in total. The van der Waals surface area contributed by atoms with Gasteiger partial charge in [0.15, 0.2) is 0 Å². The molecule has 3 heterocycles. The van der Waals surface area contributed by atoms with Gasteiger partial charge in [-0.1, -0.05) is 42.5 Å². The maximum atomic E-state index is 13.5. The number of alkyl halides is 3. The summed E-state index contributed by atoms with van der Waals surface area (Å²) in [6.07, 6.45) is -1.91. The number of aromatic nitrogens is 1. The number of carbonyl (C=O) groups is 1. The van der Waals surface area contributed by atoms with Gasteiger partial charge in [0.1, 0.15) is 0 Å². The molecular weight excluding hydrogens is 441 g/mol. The van der Waals surface area contributed by atoms with Gasteiger partial charge < -0.3 is 9.47 Å². The fourth-order valence-corrected chi connectivity index (χ4v) is 4.67. The van der Waals surface area contributed by atoms with Crippen molar-refractivity contribution in [2.75, 3.05) is 18.5 Å². The van der Waals surface area contributed by atoms with Crippen LogP contribution in [0.25, 0.3) is 0 Å². The van der Waals surface area contributed by atoms with Crippen molar-refractivity contribution in [3.8, 4) is 0 Å². The van der Waals surface area contributed by atoms with E-state index in [9.17, 15) is 18.0 Å². The Morgan fingerprint density at radius 3 is 2.32 bits per heavy atom. The fourth-order valence-electron chi connectivity index (χ4n) is 4.67. The first-order valence-electron chi connectivity index (χ1n) is 11.1. The molecule has 0 saturated heterocycles. The quantitative estimate of drug-likeness (QED) is 0.531. The lowest BCUT2D eigenvalue weighted by Crippen LogP contribution is -2.48. The zero-order valence-electron chi connectivity index (χ0n) is 19.2. The number of fused-ring (bicyclic) bond motifs is 3. The smallest absolute Gasteiger partial charge is 0.344 e. The zero-order chi connectivity index (χ0) is 24.3. The molecule has 176 valence electrons. The predicted molar refractivity (Wildman–Crippen MR) is 125 cm³/mol. The lowest BCUT2D eigenvalue weighted by atomic mass is 10.0. The first kappa shape index (κ1) is 22.3. The maximum Gasteiger partial charge on any atom is 0.416 e. The number of rotatable bonds is 4. The van der Waals surface area contributed by atoms with Crippen LogP contribution in [0.15, 0.2) is 65.8 Å². The van der Waals surface area contributed by atoms with E-state index in [-0.39, 0.29) is 11.4 Å². The Hall–Kier alpha value is -3.55. The molecule has 0 spiro atoms. The Morgan fingerprint density at radius 2 is 1.68 bits per heavy atom. The lowest BCUT2D eigenvalue weighted by molar-refractivity contribution is -0.137. The Balaban J connectivity index is 1.59. The highest BCUT2D eigenvalue weighted by molar-refractivity contribution is 6.20. The lowest BCUT2D eigenvalue weighted by Gasteiger charge is -2.32. The van der Waals surface area contributed by atoms with E-state index in [0.717, 1.165) is 34.6 Å². The van der Waals surface area contributed by atoms with E-state index >= 15 is 0 Å². The second kappa shape index (κ2) is 7.75. The van der Waals surface area contributed by atoms with Crippen LogP contribution >= 0.6 is 0 Å². The van der Waals surface area contributed by atoms with Crippen LogP contribution in [0.5, 0.6) is 0 Å². The van der Waals surface area contributed by atoms with Crippen LogP contribution in [0.2, 0.25) is 0 Å². The van der Waals surface area contributed by atoms with Crippen molar-refractivity contribution in [1.29, 1.82) is 0 Å². The summed E-state index contributed by atoms with van der Waals surface area (Å²) in [7, 11) is 1.73. The van der Waals surface area contributed by atoms with Crippen LogP contribution in [0, 0.1) is 0 Å². The molecule has 34 heavy (non-hydrogen) atoms. The molecule has 3 aromatic rings. The van der Waals surface area contributed by atoms with Crippen molar-refractivity contribution < 1.29 is 18.0 Å². The monoisotopic (exact) mass is 466 g/mol. The van der Waals surface area contributed by atoms with E-state index < -0.39 is 11.7 Å². The van der Waals surface area contributed by atoms with Gasteiger partial charge in [0, 0.05) is 31.9 Å². The molecule has 5 rings (SSSR count). The minimum Gasteiger partial charge on any atom is -0.344 e. The van der Waals surface area contributed by atoms with E-state index in [0.29, 0.717) is 31.0 Å². The van der Waals surface area contributed by atoms with Crippen LogP contribution in [-0.4, -0.2) is 40.5 Å². The van der Waals surface area contributed by atoms with E-state index in [2.05, 4.69) is 4.90 Å². The predicted octanol–water partition coefficient (Wildman–Crippen LogP) is 5.19. The Kier molecular flexibility index (Phi) is 5.07. The van der Waals surface area contributed by atoms with Gasteiger partial charge in [0.25, 0.3) is 5.91 Å². The van der Waals surface area contributed by atoms with Crippen LogP contribution in [0.3, 0.4) is 0 Å². The molecule has 0 N–H and O–H groups in total. The number of nitrogens with zero attached hydrogens (tertiary/aromatic N) is 4. The number of carbonyl (C=O) groups excluding carboxylic acids is 1. The fraction of sp³-hybridized carbons (Fsp3) is 0.308. The maximum absolute atomic E-state index is 13.5. The molecule has 1 amide bonds. The molecular formula is C26H25F3N4O. The molecule has 0 aliphatic carbocycles. The Morgan fingerprint density at radius 1 is 1.00 bits per heavy atom. The summed E-state index contributed by atoms with van der Waals surface area (Å²) in [5.41, 5.74) is 3.02. The van der Waals surface area contributed by atoms with Crippen LogP contribution in [0.1, 0.15) is 46.6 Å². The van der Waals surface area contributed by atoms with Crippen molar-refractivity contribution in [2.24, 2.45) is 4.99 Å². The molecule has 2 aromatic carbocycles. The summed E-state index contributed by atoms with van der Waals surface area (Å²) in [6.45, 7) is 5.05. The summed E-state index contributed by atoms with van der Waals surface area (Å²) in [5, 5.41) is 0. The molecule has 0 atom stereocenters. The first-order chi connectivity index (χ1) is 16.0. The van der Waals surface area contributed by atoms with Gasteiger partial charge in [-0.15, -0.1) is 0 Å². The van der Waals surface area contributed by atoms with Gasteiger partial charge in [0.05, 0.1) is 28.9 Å². The minimum absolute atomic E-state index is 0.125. The van der Waals surface area contributed by atoms with E-state index in [4.69, 9.17) is 4.99 Å². The summed E-state index contributed by atoms with van der Waals surface area (Å²) in [4.78, 5) is 21.9. The molecule has 1 aromatic heterocycles. The highest BCUT2D eigenvalue weighted by Gasteiger charge is 2.43. The molecule has 2 aliphatic rings. The van der Waals surface area contributed by atoms with Crippen LogP contribution in [-0.2, 0) is 19.1 Å². The SMILES string of the molecule is CN1C(=O)c2c(cn(Cc3ccc(C(F)(F)F)cc3)c2Cc2ccccc2)N2CC(C)(C)N=C12. The molecule has 0 radical (unpaired) electrons. The number of hydrogen-bond acceptors (Lipinski definition) is 3. The molecule has 8 heteroatoms. The number of hydrogen-bond donors (Lipinski definition) is 0. The number of anilines is 1. The highest BCUT2D eigenvalue weighted by Crippen LogP contribution is 2.38. The molecule has 0 bridgehead atoms. The third-order valence-corrected chi connectivity index (χ3v) is 6.32. The van der Waals surface area contributed by atoms with Crippen molar-refractivity contribution >= 4 is 17.6 Å². The van der Waals surface area contributed by atoms with Crippen molar-refractivity contribution in [1.82, 2.24) is 9.47 Å². The van der Waals surface area contributed by atoms with Crippen LogP contribution in [0.4, 0.5) is 18.9 Å². The van der Waals surface area contributed by atoms with E-state index in [1.54, 1.807) is 11.9 Å². The van der Waals surface area contributed by atoms with Gasteiger partial charge in [-0.25, -0.2) is 4.99 Å². The van der Waals surface area contributed by atoms with Gasteiger partial charge in [-0.05, 0) is 37.1 Å². The molecule has 0 saturated carbocycles. The summed E-state index contributed by atoms with van der Waals surface area (Å²) < 4.78 is 41.0. The number of benzene rings is 2. The van der Waals surface area contributed by atoms with E-state index in [1.165, 1.54) is 12.1 Å². The summed E-state index contributed by atoms with van der Waals surface area (Å²) >= 11 is 0. The highest BCUT2D eigenvalue weighted by atomic mass is 19.4. The number of aliphatic imine (C=N–C) groups is 1. The van der Waals surface area contributed by atoms with Gasteiger partial charge >= 0.3 is 6.18 Å². The average molecular weight is 467 g/mol. The normalized spacial score (nSPS) is 17.0. The number of halogens is 3. The Labute approximate surface area is 196 Å². The van der Waals surface area contributed by atoms with Crippen LogP contribution < -0.4 is 4.90 Å². The third-order valence-electron chi connectivity index (χ3n) is 6.32. The topological polar surface area (TPSA) is 40.8 Å². The largest absolute Gasteiger partial charge is 0.416 e. The van der Waals surface area contributed by atoms with Crippen molar-refractivity contribution in [3.05, 3.63) is 88.7 Å². The van der Waals surface area contributed by atoms with Gasteiger partial charge in [0.2, 0.25) is 5.96 Å². The van der Waals surface area contributed by atoms with Gasteiger partial charge in [-0.2, -0.15) is 13.2 Å². The molecule has 0 unspecified atom stereocenters. The van der Waals surface area contributed by atoms with E-state index in [1.807, 2.05) is 54.9 Å². The second-order valence-electron chi connectivity index (χ2n) is 9.50. The van der Waals surface area contributed by atoms with Gasteiger partial charge in [-0.3, -0.25) is 9.69 Å². The van der Waals surface area contributed by atoms with Crippen molar-refractivity contribution in [2.45, 2.75) is 38.5 Å². The molecule has 2 aliphatic heterocycles. The van der Waals surface area contributed by atoms with Crippen molar-refractivity contribution in [3.63, 3.8) is 0 Å². The first-order valence-corrected chi connectivity index (χ1v) is 11.1.